The second-order valence-electron chi connectivity index (χ2n) is 16.6. The van der Waals surface area contributed by atoms with Gasteiger partial charge in [-0.25, -0.2) is 0 Å². The van der Waals surface area contributed by atoms with E-state index in [1.165, 1.54) is 12.8 Å². The number of hydrogen-bond donors (Lipinski definition) is 0. The Morgan fingerprint density at radius 1 is 0.706 bits per heavy atom. The van der Waals surface area contributed by atoms with Crippen LogP contribution in [-0.2, 0) is 14.3 Å². The number of carbonyl (C=O) groups is 1. The SMILES string of the molecule is CC(C)(C)CC(=O)C(C)(C)C.CC(C)(C)OC1(C(C)(C)C)CC1.CC(OC(C)(C)C)C(C)(C)C. The van der Waals surface area contributed by atoms with Crippen LogP contribution in [0.3, 0.4) is 0 Å². The summed E-state index contributed by atoms with van der Waals surface area (Å²) in [6.45, 7) is 40.4. The Bertz CT molecular complexity index is 598. The van der Waals surface area contributed by atoms with Gasteiger partial charge in [0.25, 0.3) is 0 Å². The Morgan fingerprint density at radius 3 is 1.18 bits per heavy atom. The third kappa shape index (κ3) is 17.1. The predicted octanol–water partition coefficient (Wildman–Crippen LogP) is 9.65. The Balaban J connectivity index is 0. The summed E-state index contributed by atoms with van der Waals surface area (Å²) in [5.41, 5.74) is 0.646. The number of Topliss-reactive ketones (excluding diaryl/α,β-unsaturated/α-hetero) is 1. The molecule has 0 aromatic carbocycles. The number of carbonyl (C=O) groups excluding carboxylic acids is 1. The van der Waals surface area contributed by atoms with Gasteiger partial charge in [-0.15, -0.1) is 0 Å². The van der Waals surface area contributed by atoms with Crippen LogP contribution in [0.2, 0.25) is 0 Å². The van der Waals surface area contributed by atoms with Gasteiger partial charge in [0.1, 0.15) is 5.78 Å². The lowest BCUT2D eigenvalue weighted by Gasteiger charge is -2.36. The monoisotopic (exact) mass is 484 g/mol. The van der Waals surface area contributed by atoms with Gasteiger partial charge >= 0.3 is 0 Å². The van der Waals surface area contributed by atoms with Crippen LogP contribution in [0.5, 0.6) is 0 Å². The van der Waals surface area contributed by atoms with Gasteiger partial charge in [-0.1, -0.05) is 83.1 Å². The third-order valence-corrected chi connectivity index (χ3v) is 5.85. The molecular formula is C31H64O3. The first kappa shape index (κ1) is 35.8. The molecule has 0 N–H and O–H groups in total. The highest BCUT2D eigenvalue weighted by Crippen LogP contribution is 2.54. The second kappa shape index (κ2) is 11.8. The van der Waals surface area contributed by atoms with Crippen LogP contribution >= 0.6 is 0 Å². The van der Waals surface area contributed by atoms with Gasteiger partial charge in [0.2, 0.25) is 0 Å². The van der Waals surface area contributed by atoms with E-state index in [4.69, 9.17) is 9.47 Å². The number of ketones is 1. The quantitative estimate of drug-likeness (QED) is 0.400. The third-order valence-electron chi connectivity index (χ3n) is 5.85. The minimum Gasteiger partial charge on any atom is -0.372 e. The zero-order valence-corrected chi connectivity index (χ0v) is 26.9. The average molecular weight is 485 g/mol. The number of ether oxygens (including phenoxy) is 2. The zero-order valence-electron chi connectivity index (χ0n) is 26.9. The van der Waals surface area contributed by atoms with Crippen LogP contribution in [-0.4, -0.2) is 28.7 Å². The van der Waals surface area contributed by atoms with Crippen molar-refractivity contribution in [2.24, 2.45) is 21.7 Å². The molecule has 1 saturated carbocycles. The van der Waals surface area contributed by atoms with E-state index >= 15 is 0 Å². The molecular weight excluding hydrogens is 420 g/mol. The number of rotatable bonds is 3. The maximum absolute atomic E-state index is 11.5. The summed E-state index contributed by atoms with van der Waals surface area (Å²) >= 11 is 0. The lowest BCUT2D eigenvalue weighted by Crippen LogP contribution is -2.38. The summed E-state index contributed by atoms with van der Waals surface area (Å²) in [5.74, 6) is 0.352. The first-order valence-corrected chi connectivity index (χ1v) is 13.3. The van der Waals surface area contributed by atoms with Gasteiger partial charge in [0.15, 0.2) is 0 Å². The highest BCUT2D eigenvalue weighted by molar-refractivity contribution is 5.84. The standard InChI is InChI=1S/C11H22O.C10H20O.C10H22O/c1-9(2,3)11(7-8-11)12-10(4,5)6;1-9(2,3)7-8(11)10(4,5)6;1-8(9(2,3)4)11-10(5,6)7/h7-8H2,1-6H3;7H2,1-6H3;8H,1-7H3. The Morgan fingerprint density at radius 2 is 1.09 bits per heavy atom. The summed E-state index contributed by atoms with van der Waals surface area (Å²) in [6.07, 6.45) is 3.44. The molecule has 34 heavy (non-hydrogen) atoms. The molecule has 0 spiro atoms. The van der Waals surface area contributed by atoms with Crippen molar-refractivity contribution in [1.29, 1.82) is 0 Å². The number of hydrogen-bond acceptors (Lipinski definition) is 3. The van der Waals surface area contributed by atoms with Crippen molar-refractivity contribution in [1.82, 2.24) is 0 Å². The molecule has 1 rings (SSSR count). The molecule has 1 aliphatic rings. The van der Waals surface area contributed by atoms with E-state index in [2.05, 4.69) is 111 Å². The predicted molar refractivity (Wildman–Crippen MR) is 151 cm³/mol. The maximum Gasteiger partial charge on any atom is 0.138 e. The van der Waals surface area contributed by atoms with Gasteiger partial charge in [-0.2, -0.15) is 0 Å². The van der Waals surface area contributed by atoms with E-state index in [1.54, 1.807) is 0 Å². The molecule has 0 heterocycles. The van der Waals surface area contributed by atoms with E-state index in [1.807, 2.05) is 20.8 Å². The summed E-state index contributed by atoms with van der Waals surface area (Å²) in [4.78, 5) is 11.5. The van der Waals surface area contributed by atoms with Crippen LogP contribution in [0, 0.1) is 21.7 Å². The second-order valence-corrected chi connectivity index (χ2v) is 16.6. The van der Waals surface area contributed by atoms with Gasteiger partial charge in [-0.05, 0) is 77.6 Å². The van der Waals surface area contributed by atoms with E-state index in [0.717, 1.165) is 0 Å². The molecule has 3 nitrogen and oxygen atoms in total. The Kier molecular flexibility index (Phi) is 12.4. The van der Waals surface area contributed by atoms with Crippen molar-refractivity contribution in [3.8, 4) is 0 Å². The molecule has 0 radical (unpaired) electrons. The lowest BCUT2D eigenvalue weighted by atomic mass is 9.80. The molecule has 1 atom stereocenters. The molecule has 0 aliphatic heterocycles. The van der Waals surface area contributed by atoms with Gasteiger partial charge in [-0.3, -0.25) is 4.79 Å². The molecule has 3 heteroatoms. The summed E-state index contributed by atoms with van der Waals surface area (Å²) < 4.78 is 11.9. The Hall–Kier alpha value is -0.410. The maximum atomic E-state index is 11.5. The van der Waals surface area contributed by atoms with Crippen molar-refractivity contribution >= 4 is 5.78 Å². The summed E-state index contributed by atoms with van der Waals surface area (Å²) in [5, 5.41) is 0. The van der Waals surface area contributed by atoms with E-state index in [-0.39, 0.29) is 33.0 Å². The zero-order chi connectivity index (χ0) is 28.2. The largest absolute Gasteiger partial charge is 0.372 e. The molecule has 1 unspecified atom stereocenters. The minimum atomic E-state index is -0.173. The lowest BCUT2D eigenvalue weighted by molar-refractivity contribution is -0.128. The highest BCUT2D eigenvalue weighted by atomic mass is 16.5. The van der Waals surface area contributed by atoms with Crippen LogP contribution < -0.4 is 0 Å². The van der Waals surface area contributed by atoms with Crippen LogP contribution in [0.4, 0.5) is 0 Å². The molecule has 0 aromatic rings. The fourth-order valence-electron chi connectivity index (χ4n) is 3.16. The molecule has 206 valence electrons. The molecule has 1 aliphatic carbocycles. The van der Waals surface area contributed by atoms with Crippen molar-refractivity contribution in [3.05, 3.63) is 0 Å². The van der Waals surface area contributed by atoms with Gasteiger partial charge in [0, 0.05) is 11.8 Å². The van der Waals surface area contributed by atoms with Crippen LogP contribution in [0.25, 0.3) is 0 Å². The van der Waals surface area contributed by atoms with Crippen LogP contribution in [0.15, 0.2) is 0 Å². The van der Waals surface area contributed by atoms with E-state index in [9.17, 15) is 4.79 Å². The van der Waals surface area contributed by atoms with Crippen molar-refractivity contribution < 1.29 is 14.3 Å². The van der Waals surface area contributed by atoms with E-state index < -0.39 is 0 Å². The van der Waals surface area contributed by atoms with Crippen molar-refractivity contribution in [2.45, 2.75) is 174 Å². The topological polar surface area (TPSA) is 35.5 Å². The van der Waals surface area contributed by atoms with Crippen LogP contribution in [0.1, 0.15) is 151 Å². The first-order valence-electron chi connectivity index (χ1n) is 13.3. The summed E-state index contributed by atoms with van der Waals surface area (Å²) in [7, 11) is 0. The van der Waals surface area contributed by atoms with Gasteiger partial charge in [0.05, 0.1) is 22.9 Å². The normalized spacial score (nSPS) is 17.6. The summed E-state index contributed by atoms with van der Waals surface area (Å²) in [6, 6.07) is 0. The smallest absolute Gasteiger partial charge is 0.138 e. The van der Waals surface area contributed by atoms with Crippen molar-refractivity contribution in [2.75, 3.05) is 0 Å². The van der Waals surface area contributed by atoms with Gasteiger partial charge < -0.3 is 9.47 Å². The minimum absolute atomic E-state index is 0.00375. The first-order chi connectivity index (χ1) is 14.4. The molecule has 1 fully saturated rings. The average Bonchev–Trinajstić information content (AvgIpc) is 3.21. The molecule has 0 bridgehead atoms. The molecule has 0 amide bonds. The Labute approximate surface area is 215 Å². The molecule has 0 saturated heterocycles. The molecule has 0 aromatic heterocycles. The fraction of sp³-hybridized carbons (Fsp3) is 0.968. The van der Waals surface area contributed by atoms with E-state index in [0.29, 0.717) is 23.7 Å². The highest BCUT2D eigenvalue weighted by Gasteiger charge is 2.55. The fourth-order valence-corrected chi connectivity index (χ4v) is 3.16. The van der Waals surface area contributed by atoms with Crippen molar-refractivity contribution in [3.63, 3.8) is 0 Å².